The molecule has 174 valence electrons. The molecular formula is C25H47N3O2. The summed E-state index contributed by atoms with van der Waals surface area (Å²) in [5, 5.41) is 3.13. The third kappa shape index (κ3) is 8.95. The zero-order valence-electron chi connectivity index (χ0n) is 20.0. The zero-order valence-corrected chi connectivity index (χ0v) is 20.0. The first-order chi connectivity index (χ1) is 14.5. The second-order valence-electron chi connectivity index (χ2n) is 9.91. The predicted octanol–water partition coefficient (Wildman–Crippen LogP) is 4.60. The van der Waals surface area contributed by atoms with Crippen molar-refractivity contribution in [2.45, 2.75) is 104 Å². The molecule has 0 saturated carbocycles. The fraction of sp³-hybridized carbons (Fsp3) is 0.920. The lowest BCUT2D eigenvalue weighted by molar-refractivity contribution is -0.133. The van der Waals surface area contributed by atoms with Crippen molar-refractivity contribution in [1.82, 2.24) is 15.1 Å². The lowest BCUT2D eigenvalue weighted by Gasteiger charge is -2.41. The average Bonchev–Trinajstić information content (AvgIpc) is 2.76. The summed E-state index contributed by atoms with van der Waals surface area (Å²) >= 11 is 0. The van der Waals surface area contributed by atoms with Gasteiger partial charge in [0.05, 0.1) is 0 Å². The molecule has 1 N–H and O–H groups in total. The molecule has 0 radical (unpaired) electrons. The number of piperidine rings is 2. The predicted molar refractivity (Wildman–Crippen MR) is 124 cm³/mol. The summed E-state index contributed by atoms with van der Waals surface area (Å²) in [5.74, 6) is 1.44. The molecule has 2 amide bonds. The normalized spacial score (nSPS) is 19.4. The minimum Gasteiger partial charge on any atom is -0.356 e. The highest BCUT2D eigenvalue weighted by Crippen LogP contribution is 2.24. The van der Waals surface area contributed by atoms with Crippen molar-refractivity contribution in [3.8, 4) is 0 Å². The van der Waals surface area contributed by atoms with E-state index in [0.29, 0.717) is 17.9 Å². The number of amides is 2. The van der Waals surface area contributed by atoms with Gasteiger partial charge >= 0.3 is 0 Å². The van der Waals surface area contributed by atoms with E-state index in [0.717, 1.165) is 77.7 Å². The Morgan fingerprint density at radius 2 is 1.53 bits per heavy atom. The van der Waals surface area contributed by atoms with E-state index in [1.807, 2.05) is 0 Å². The molecular weight excluding hydrogens is 374 g/mol. The third-order valence-corrected chi connectivity index (χ3v) is 7.00. The largest absolute Gasteiger partial charge is 0.356 e. The van der Waals surface area contributed by atoms with E-state index < -0.39 is 0 Å². The number of carbonyl (C=O) groups excluding carboxylic acids is 2. The first-order valence-corrected chi connectivity index (χ1v) is 12.8. The van der Waals surface area contributed by atoms with Gasteiger partial charge in [-0.25, -0.2) is 0 Å². The number of hydrogen-bond donors (Lipinski definition) is 1. The summed E-state index contributed by atoms with van der Waals surface area (Å²) in [7, 11) is 0. The van der Waals surface area contributed by atoms with Crippen molar-refractivity contribution in [1.29, 1.82) is 0 Å². The van der Waals surface area contributed by atoms with Crippen LogP contribution in [0, 0.1) is 11.8 Å². The molecule has 2 saturated heterocycles. The fourth-order valence-electron chi connectivity index (χ4n) is 4.85. The number of rotatable bonds is 12. The summed E-state index contributed by atoms with van der Waals surface area (Å²) in [5.41, 5.74) is 0. The maximum atomic E-state index is 12.5. The monoisotopic (exact) mass is 421 g/mol. The van der Waals surface area contributed by atoms with Gasteiger partial charge in [0.15, 0.2) is 0 Å². The van der Waals surface area contributed by atoms with Gasteiger partial charge in [0.1, 0.15) is 0 Å². The van der Waals surface area contributed by atoms with Crippen LogP contribution in [0.15, 0.2) is 0 Å². The van der Waals surface area contributed by atoms with E-state index >= 15 is 0 Å². The van der Waals surface area contributed by atoms with Gasteiger partial charge < -0.3 is 15.1 Å². The lowest BCUT2D eigenvalue weighted by atomic mass is 9.92. The summed E-state index contributed by atoms with van der Waals surface area (Å²) in [6.07, 6.45) is 13.3. The molecule has 2 aliphatic rings. The number of nitrogens with one attached hydrogen (secondary N) is 1. The Morgan fingerprint density at radius 1 is 0.900 bits per heavy atom. The molecule has 30 heavy (non-hydrogen) atoms. The third-order valence-electron chi connectivity index (χ3n) is 7.00. The maximum absolute atomic E-state index is 12.5. The highest BCUT2D eigenvalue weighted by molar-refractivity contribution is 5.78. The van der Waals surface area contributed by atoms with Gasteiger partial charge in [-0.05, 0) is 57.5 Å². The minimum atomic E-state index is 0.187. The molecule has 0 aliphatic carbocycles. The maximum Gasteiger partial charge on any atom is 0.223 e. The second-order valence-corrected chi connectivity index (χ2v) is 9.91. The van der Waals surface area contributed by atoms with Crippen molar-refractivity contribution >= 4 is 11.8 Å². The van der Waals surface area contributed by atoms with Crippen LogP contribution in [0.2, 0.25) is 0 Å². The molecule has 0 aromatic carbocycles. The minimum absolute atomic E-state index is 0.187. The number of unbranched alkanes of at least 4 members (excludes halogenated alkanes) is 5. The summed E-state index contributed by atoms with van der Waals surface area (Å²) in [6, 6.07) is 0.591. The Morgan fingerprint density at radius 3 is 2.17 bits per heavy atom. The van der Waals surface area contributed by atoms with Crippen molar-refractivity contribution < 1.29 is 9.59 Å². The van der Waals surface area contributed by atoms with Gasteiger partial charge in [-0.15, -0.1) is 0 Å². The Balaban J connectivity index is 1.58. The van der Waals surface area contributed by atoms with Crippen LogP contribution in [-0.2, 0) is 9.59 Å². The fourth-order valence-corrected chi connectivity index (χ4v) is 4.85. The van der Waals surface area contributed by atoms with Crippen LogP contribution >= 0.6 is 0 Å². The molecule has 0 atom stereocenters. The molecule has 0 spiro atoms. The molecule has 0 unspecified atom stereocenters. The SMILES string of the molecule is CCCCCCCCC(=O)N1CCC(N2CCC(C(=O)NCCC(C)C)CC2)CC1. The number of likely N-dealkylation sites (tertiary alicyclic amines) is 2. The molecule has 0 aromatic rings. The highest BCUT2D eigenvalue weighted by atomic mass is 16.2. The van der Waals surface area contributed by atoms with Gasteiger partial charge in [0.2, 0.25) is 11.8 Å². The van der Waals surface area contributed by atoms with Crippen LogP contribution in [0.25, 0.3) is 0 Å². The molecule has 2 fully saturated rings. The number of carbonyl (C=O) groups is 2. The van der Waals surface area contributed by atoms with E-state index in [9.17, 15) is 9.59 Å². The summed E-state index contributed by atoms with van der Waals surface area (Å²) < 4.78 is 0. The molecule has 2 aliphatic heterocycles. The van der Waals surface area contributed by atoms with E-state index in [1.54, 1.807) is 0 Å². The lowest BCUT2D eigenvalue weighted by Crippen LogP contribution is -2.50. The molecule has 5 nitrogen and oxygen atoms in total. The topological polar surface area (TPSA) is 52.7 Å². The zero-order chi connectivity index (χ0) is 21.8. The summed E-state index contributed by atoms with van der Waals surface area (Å²) in [4.78, 5) is 29.5. The Labute approximate surface area is 185 Å². The first-order valence-electron chi connectivity index (χ1n) is 12.8. The van der Waals surface area contributed by atoms with Gasteiger partial charge in [-0.3, -0.25) is 9.59 Å². The van der Waals surface area contributed by atoms with Gasteiger partial charge in [0.25, 0.3) is 0 Å². The van der Waals surface area contributed by atoms with E-state index in [1.165, 1.54) is 32.1 Å². The molecule has 0 aromatic heterocycles. The summed E-state index contributed by atoms with van der Waals surface area (Å²) in [6.45, 7) is 11.3. The van der Waals surface area contributed by atoms with E-state index in [2.05, 4.69) is 35.9 Å². The van der Waals surface area contributed by atoms with Gasteiger partial charge in [-0.2, -0.15) is 0 Å². The van der Waals surface area contributed by atoms with Crippen LogP contribution < -0.4 is 5.32 Å². The Kier molecular flexibility index (Phi) is 11.8. The van der Waals surface area contributed by atoms with Crippen LogP contribution in [0.3, 0.4) is 0 Å². The molecule has 2 rings (SSSR count). The Hall–Kier alpha value is -1.10. The van der Waals surface area contributed by atoms with Crippen molar-refractivity contribution in [3.05, 3.63) is 0 Å². The standard InChI is InChI=1S/C25H47N3O2/c1-4-5-6-7-8-9-10-24(29)28-19-14-23(15-20-28)27-17-12-22(13-18-27)25(30)26-16-11-21(2)3/h21-23H,4-20H2,1-3H3,(H,26,30). The van der Waals surface area contributed by atoms with Crippen LogP contribution in [-0.4, -0.2) is 60.4 Å². The highest BCUT2D eigenvalue weighted by Gasteiger charge is 2.31. The van der Waals surface area contributed by atoms with Gasteiger partial charge in [0, 0.05) is 38.0 Å². The van der Waals surface area contributed by atoms with Crippen LogP contribution in [0.4, 0.5) is 0 Å². The van der Waals surface area contributed by atoms with Crippen molar-refractivity contribution in [2.24, 2.45) is 11.8 Å². The van der Waals surface area contributed by atoms with Gasteiger partial charge in [-0.1, -0.05) is 52.9 Å². The number of hydrogen-bond acceptors (Lipinski definition) is 3. The molecule has 5 heteroatoms. The number of nitrogens with zero attached hydrogens (tertiary/aromatic N) is 2. The van der Waals surface area contributed by atoms with Crippen LogP contribution in [0.1, 0.15) is 97.8 Å². The van der Waals surface area contributed by atoms with Crippen molar-refractivity contribution in [3.63, 3.8) is 0 Å². The van der Waals surface area contributed by atoms with Crippen molar-refractivity contribution in [2.75, 3.05) is 32.7 Å². The molecule has 2 heterocycles. The quantitative estimate of drug-likeness (QED) is 0.469. The smallest absolute Gasteiger partial charge is 0.223 e. The molecule has 0 bridgehead atoms. The van der Waals surface area contributed by atoms with E-state index in [4.69, 9.17) is 0 Å². The Bertz CT molecular complexity index is 493. The van der Waals surface area contributed by atoms with Crippen LogP contribution in [0.5, 0.6) is 0 Å². The average molecular weight is 422 g/mol. The second kappa shape index (κ2) is 14.1. The van der Waals surface area contributed by atoms with E-state index in [-0.39, 0.29) is 11.8 Å². The first kappa shape index (κ1) is 25.2.